The summed E-state index contributed by atoms with van der Waals surface area (Å²) in [7, 11) is 9.85. The van der Waals surface area contributed by atoms with Crippen molar-refractivity contribution >= 4 is 0 Å². The lowest BCUT2D eigenvalue weighted by molar-refractivity contribution is -0.0122. The van der Waals surface area contributed by atoms with Crippen LogP contribution in [0.4, 0.5) is 0 Å². The summed E-state index contributed by atoms with van der Waals surface area (Å²) >= 11 is 0. The molecule has 1 aromatic heterocycles. The average Bonchev–Trinajstić information content (AvgIpc) is 3.97. The van der Waals surface area contributed by atoms with Crippen LogP contribution >= 0.6 is 0 Å². The summed E-state index contributed by atoms with van der Waals surface area (Å²) in [5.74, 6) is 5.25. The van der Waals surface area contributed by atoms with Crippen molar-refractivity contribution in [1.82, 2.24) is 9.80 Å². The van der Waals surface area contributed by atoms with Gasteiger partial charge in [0.2, 0.25) is 0 Å². The van der Waals surface area contributed by atoms with Crippen LogP contribution in [0.5, 0.6) is 34.5 Å². The highest BCUT2D eigenvalue weighted by Crippen LogP contribution is 2.47. The molecule has 0 amide bonds. The van der Waals surface area contributed by atoms with Gasteiger partial charge in [-0.05, 0) is 23.3 Å². The Hall–Kier alpha value is -5.20. The Morgan fingerprint density at radius 3 is 1.17 bits per heavy atom. The Morgan fingerprint density at radius 1 is 0.491 bits per heavy atom. The van der Waals surface area contributed by atoms with Gasteiger partial charge in [0.25, 0.3) is 0 Å². The molecule has 0 bridgehead atoms. The van der Waals surface area contributed by atoms with Crippen LogP contribution in [0.3, 0.4) is 0 Å². The van der Waals surface area contributed by atoms with E-state index in [0.717, 1.165) is 22.3 Å². The van der Waals surface area contributed by atoms with Gasteiger partial charge in [-0.3, -0.25) is 9.80 Å². The first-order valence-corrected chi connectivity index (χ1v) is 17.5. The van der Waals surface area contributed by atoms with Gasteiger partial charge in [0, 0.05) is 37.4 Å². The monoisotopic (exact) mass is 722 g/mol. The lowest BCUT2D eigenvalue weighted by Gasteiger charge is -2.29. The second kappa shape index (κ2) is 16.2. The van der Waals surface area contributed by atoms with Crippen LogP contribution < -0.4 is 28.4 Å². The maximum Gasteiger partial charge on any atom is 0.170 e. The fourth-order valence-corrected chi connectivity index (χ4v) is 7.34. The van der Waals surface area contributed by atoms with Gasteiger partial charge >= 0.3 is 0 Å². The van der Waals surface area contributed by atoms with E-state index in [4.69, 9.17) is 42.3 Å². The zero-order valence-corrected chi connectivity index (χ0v) is 30.9. The maximum absolute atomic E-state index is 6.76. The van der Waals surface area contributed by atoms with Crippen molar-refractivity contribution < 1.29 is 42.3 Å². The van der Waals surface area contributed by atoms with Crippen LogP contribution in [0.25, 0.3) is 0 Å². The molecule has 2 unspecified atom stereocenters. The minimum Gasteiger partial charge on any atom is -0.496 e. The van der Waals surface area contributed by atoms with Crippen molar-refractivity contribution in [3.05, 3.63) is 131 Å². The van der Waals surface area contributed by atoms with Crippen LogP contribution in [-0.2, 0) is 22.6 Å². The predicted octanol–water partition coefficient (Wildman–Crippen LogP) is 7.88. The minimum atomic E-state index is -0.507. The molecule has 0 radical (unpaired) electrons. The third kappa shape index (κ3) is 7.25. The highest BCUT2D eigenvalue weighted by atomic mass is 16.5. The molecule has 11 heteroatoms. The molecule has 0 aliphatic carbocycles. The highest BCUT2D eigenvalue weighted by Gasteiger charge is 2.42. The number of methoxy groups -OCH3 is 6. The van der Waals surface area contributed by atoms with E-state index in [-0.39, 0.29) is 12.1 Å². The van der Waals surface area contributed by atoms with E-state index in [2.05, 4.69) is 34.1 Å². The van der Waals surface area contributed by atoms with Crippen LogP contribution in [0, 0.1) is 0 Å². The van der Waals surface area contributed by atoms with E-state index in [0.29, 0.717) is 72.3 Å². The van der Waals surface area contributed by atoms with Gasteiger partial charge in [-0.2, -0.15) is 0 Å². The number of nitrogens with zero attached hydrogens (tertiary/aromatic N) is 2. The first-order valence-electron chi connectivity index (χ1n) is 17.5. The van der Waals surface area contributed by atoms with E-state index in [1.54, 1.807) is 42.7 Å². The standard InChI is InChI=1S/C42H46N2O9/c1-45-29-19-37(47-3)31(38(20-29)48-4)23-43-33(27-13-9-7-10-14-27)25-51-41(43)35-17-18-36(53-35)42-44(34(26-52-42)28-15-11-8-12-16-28)24-32-39(49-5)21-30(46-2)22-40(32)50-6/h7-22,33-34,41-42H,23-26H2,1-6H3/t33-,34-,41?,42?/m0/s1. The van der Waals surface area contributed by atoms with Gasteiger partial charge < -0.3 is 42.3 Å². The van der Waals surface area contributed by atoms with Gasteiger partial charge in [0.05, 0.1) is 79.1 Å². The zero-order valence-electron chi connectivity index (χ0n) is 30.9. The summed E-state index contributed by atoms with van der Waals surface area (Å²) in [6.45, 7) is 1.83. The Bertz CT molecular complexity index is 1780. The average molecular weight is 723 g/mol. The van der Waals surface area contributed by atoms with Crippen molar-refractivity contribution in [2.75, 3.05) is 55.9 Å². The van der Waals surface area contributed by atoms with Gasteiger partial charge in [-0.25, -0.2) is 0 Å². The molecule has 0 spiro atoms. The van der Waals surface area contributed by atoms with Crippen molar-refractivity contribution in [3.8, 4) is 34.5 Å². The number of hydrogen-bond acceptors (Lipinski definition) is 11. The van der Waals surface area contributed by atoms with Gasteiger partial charge in [-0.15, -0.1) is 0 Å². The Balaban J connectivity index is 1.25. The summed E-state index contributed by atoms with van der Waals surface area (Å²) in [4.78, 5) is 4.55. The molecule has 7 rings (SSSR count). The minimum absolute atomic E-state index is 0.0667. The Kier molecular flexibility index (Phi) is 11.1. The highest BCUT2D eigenvalue weighted by molar-refractivity contribution is 5.52. The van der Waals surface area contributed by atoms with Gasteiger partial charge in [-0.1, -0.05) is 60.7 Å². The molecular weight excluding hydrogens is 676 g/mol. The molecule has 0 saturated carbocycles. The normalized spacial score (nSPS) is 20.3. The summed E-state index contributed by atoms with van der Waals surface area (Å²) < 4.78 is 54.4. The Morgan fingerprint density at radius 2 is 0.849 bits per heavy atom. The first kappa shape index (κ1) is 36.2. The SMILES string of the molecule is COc1cc(OC)c(CN2C(c3ccc(C4OC[C@@H](c5ccccc5)N4Cc4c(OC)cc(OC)cc4OC)o3)OC[C@H]2c2ccccc2)c(OC)c1. The van der Waals surface area contributed by atoms with Crippen molar-refractivity contribution in [1.29, 1.82) is 0 Å². The van der Waals surface area contributed by atoms with Crippen LogP contribution in [0.2, 0.25) is 0 Å². The molecular formula is C42H46N2O9. The number of furan rings is 1. The molecule has 4 aromatic carbocycles. The van der Waals surface area contributed by atoms with Crippen molar-refractivity contribution in [3.63, 3.8) is 0 Å². The molecule has 2 aliphatic rings. The molecule has 4 atom stereocenters. The lowest BCUT2D eigenvalue weighted by atomic mass is 10.0. The summed E-state index contributed by atoms with van der Waals surface area (Å²) in [6.07, 6.45) is -1.01. The van der Waals surface area contributed by atoms with Gasteiger partial charge in [0.15, 0.2) is 12.5 Å². The second-order valence-electron chi connectivity index (χ2n) is 12.8. The fraction of sp³-hybridized carbons (Fsp3) is 0.333. The third-order valence-corrected chi connectivity index (χ3v) is 10.0. The van der Waals surface area contributed by atoms with Crippen LogP contribution in [-0.4, -0.2) is 65.7 Å². The van der Waals surface area contributed by atoms with E-state index >= 15 is 0 Å². The predicted molar refractivity (Wildman–Crippen MR) is 198 cm³/mol. The molecule has 278 valence electrons. The van der Waals surface area contributed by atoms with Crippen molar-refractivity contribution in [2.24, 2.45) is 0 Å². The molecule has 0 N–H and O–H groups in total. The number of hydrogen-bond donors (Lipinski definition) is 0. The second-order valence-corrected chi connectivity index (χ2v) is 12.8. The Labute approximate surface area is 310 Å². The number of rotatable bonds is 14. The quantitative estimate of drug-likeness (QED) is 0.112. The summed E-state index contributed by atoms with van der Waals surface area (Å²) in [5, 5.41) is 0. The van der Waals surface area contributed by atoms with E-state index in [1.807, 2.05) is 72.8 Å². The molecule has 11 nitrogen and oxygen atoms in total. The number of ether oxygens (including phenoxy) is 8. The first-order chi connectivity index (χ1) is 26.0. The largest absolute Gasteiger partial charge is 0.496 e. The van der Waals surface area contributed by atoms with E-state index in [9.17, 15) is 0 Å². The van der Waals surface area contributed by atoms with Gasteiger partial charge in [0.1, 0.15) is 46.0 Å². The molecule has 2 fully saturated rings. The fourth-order valence-electron chi connectivity index (χ4n) is 7.34. The van der Waals surface area contributed by atoms with Crippen molar-refractivity contribution in [2.45, 2.75) is 37.6 Å². The summed E-state index contributed by atoms with van der Waals surface area (Å²) in [6, 6.07) is 32.0. The maximum atomic E-state index is 6.76. The molecule has 2 saturated heterocycles. The third-order valence-electron chi connectivity index (χ3n) is 10.0. The zero-order chi connectivity index (χ0) is 36.9. The van der Waals surface area contributed by atoms with E-state index in [1.165, 1.54) is 0 Å². The number of benzene rings is 4. The molecule has 5 aromatic rings. The lowest BCUT2D eigenvalue weighted by Crippen LogP contribution is -2.28. The van der Waals surface area contributed by atoms with Crippen LogP contribution in [0.1, 0.15) is 58.3 Å². The smallest absolute Gasteiger partial charge is 0.170 e. The van der Waals surface area contributed by atoms with E-state index < -0.39 is 12.5 Å². The molecule has 2 aliphatic heterocycles. The topological polar surface area (TPSA) is 93.5 Å². The summed E-state index contributed by atoms with van der Waals surface area (Å²) in [5.41, 5.74) is 4.01. The van der Waals surface area contributed by atoms with Crippen LogP contribution in [0.15, 0.2) is 101 Å². The molecule has 3 heterocycles. The molecule has 53 heavy (non-hydrogen) atoms.